The van der Waals surface area contributed by atoms with E-state index in [1.165, 1.54) is 17.2 Å². The van der Waals surface area contributed by atoms with Crippen LogP contribution in [0.25, 0.3) is 22.5 Å². The van der Waals surface area contributed by atoms with Crippen molar-refractivity contribution in [1.82, 2.24) is 9.66 Å². The van der Waals surface area contributed by atoms with E-state index in [1.807, 2.05) is 6.07 Å². The van der Waals surface area contributed by atoms with Gasteiger partial charge in [-0.15, -0.1) is 0 Å². The fraction of sp³-hybridized carbons (Fsp3) is 0. The summed E-state index contributed by atoms with van der Waals surface area (Å²) >= 11 is 0. The van der Waals surface area contributed by atoms with Crippen molar-refractivity contribution in [2.24, 2.45) is 5.10 Å². The summed E-state index contributed by atoms with van der Waals surface area (Å²) in [6.45, 7) is 0. The SMILES string of the molecule is O=c1c2ccccc2nc(-c2ccco2)n1/N=C/c1ccccc1O. The van der Waals surface area contributed by atoms with Crippen LogP contribution in [0.5, 0.6) is 5.75 Å². The molecule has 2 aromatic heterocycles. The van der Waals surface area contributed by atoms with E-state index in [0.29, 0.717) is 28.1 Å². The number of hydrogen-bond acceptors (Lipinski definition) is 5. The van der Waals surface area contributed by atoms with Gasteiger partial charge in [-0.3, -0.25) is 4.79 Å². The molecule has 1 N–H and O–H groups in total. The topological polar surface area (TPSA) is 80.6 Å². The van der Waals surface area contributed by atoms with Gasteiger partial charge >= 0.3 is 0 Å². The minimum Gasteiger partial charge on any atom is -0.507 e. The Kier molecular flexibility index (Phi) is 3.63. The lowest BCUT2D eigenvalue weighted by Gasteiger charge is -2.07. The molecule has 0 bridgehead atoms. The number of nitrogens with zero attached hydrogens (tertiary/aromatic N) is 3. The number of rotatable bonds is 3. The molecular weight excluding hydrogens is 318 g/mol. The molecule has 4 rings (SSSR count). The maximum absolute atomic E-state index is 12.9. The summed E-state index contributed by atoms with van der Waals surface area (Å²) < 4.78 is 6.57. The molecule has 122 valence electrons. The van der Waals surface area contributed by atoms with E-state index in [0.717, 1.165) is 0 Å². The molecule has 0 aliphatic rings. The van der Waals surface area contributed by atoms with Crippen molar-refractivity contribution in [2.45, 2.75) is 0 Å². The zero-order valence-electron chi connectivity index (χ0n) is 13.0. The van der Waals surface area contributed by atoms with Gasteiger partial charge in [0.15, 0.2) is 5.76 Å². The van der Waals surface area contributed by atoms with Crippen molar-refractivity contribution in [3.05, 3.63) is 82.8 Å². The van der Waals surface area contributed by atoms with E-state index >= 15 is 0 Å². The molecule has 0 fully saturated rings. The number of phenols is 1. The summed E-state index contributed by atoms with van der Waals surface area (Å²) in [5, 5.41) is 14.6. The number of para-hydroxylation sites is 2. The van der Waals surface area contributed by atoms with Crippen LogP contribution in [0.3, 0.4) is 0 Å². The molecule has 0 atom stereocenters. The first-order chi connectivity index (χ1) is 12.2. The van der Waals surface area contributed by atoms with Gasteiger partial charge in [-0.2, -0.15) is 9.78 Å². The van der Waals surface area contributed by atoms with Crippen LogP contribution in [0.15, 0.2) is 81.2 Å². The minimum atomic E-state index is -0.316. The van der Waals surface area contributed by atoms with E-state index < -0.39 is 0 Å². The molecule has 0 amide bonds. The molecule has 0 radical (unpaired) electrons. The van der Waals surface area contributed by atoms with E-state index in [4.69, 9.17) is 4.42 Å². The normalized spacial score (nSPS) is 11.4. The zero-order valence-corrected chi connectivity index (χ0v) is 13.0. The summed E-state index contributed by atoms with van der Waals surface area (Å²) in [5.41, 5.74) is 0.740. The standard InChI is InChI=1S/C19H13N3O3/c23-16-9-4-1-6-13(16)12-20-22-18(17-10-5-11-25-17)21-15-8-3-2-7-14(15)19(22)24/h1-12,23H/b20-12+. The average Bonchev–Trinajstić information content (AvgIpc) is 3.17. The van der Waals surface area contributed by atoms with Crippen molar-refractivity contribution in [1.29, 1.82) is 0 Å². The predicted molar refractivity (Wildman–Crippen MR) is 94.8 cm³/mol. The molecule has 0 unspecified atom stereocenters. The van der Waals surface area contributed by atoms with Gasteiger partial charge in [0.2, 0.25) is 5.82 Å². The Bertz CT molecular complexity index is 1130. The Labute approximate surface area is 142 Å². The fourth-order valence-corrected chi connectivity index (χ4v) is 2.51. The van der Waals surface area contributed by atoms with Crippen LogP contribution in [0.1, 0.15) is 5.56 Å². The predicted octanol–water partition coefficient (Wildman–Crippen LogP) is 3.24. The molecule has 25 heavy (non-hydrogen) atoms. The molecule has 0 aliphatic carbocycles. The number of benzene rings is 2. The summed E-state index contributed by atoms with van der Waals surface area (Å²) in [6.07, 6.45) is 2.92. The minimum absolute atomic E-state index is 0.0765. The van der Waals surface area contributed by atoms with E-state index in [2.05, 4.69) is 10.1 Å². The molecule has 6 heteroatoms. The summed E-state index contributed by atoms with van der Waals surface area (Å²) in [4.78, 5) is 17.4. The van der Waals surface area contributed by atoms with Crippen molar-refractivity contribution < 1.29 is 9.52 Å². The average molecular weight is 331 g/mol. The van der Waals surface area contributed by atoms with Gasteiger partial charge in [0, 0.05) is 5.56 Å². The van der Waals surface area contributed by atoms with Gasteiger partial charge in [0.1, 0.15) is 5.75 Å². The lowest BCUT2D eigenvalue weighted by molar-refractivity contribution is 0.474. The van der Waals surface area contributed by atoms with Crippen LogP contribution in [0.2, 0.25) is 0 Å². The highest BCUT2D eigenvalue weighted by molar-refractivity contribution is 5.84. The summed E-state index contributed by atoms with van der Waals surface area (Å²) in [7, 11) is 0. The molecule has 6 nitrogen and oxygen atoms in total. The number of aromatic nitrogens is 2. The third-order valence-electron chi connectivity index (χ3n) is 3.74. The maximum atomic E-state index is 12.9. The molecule has 0 saturated carbocycles. The highest BCUT2D eigenvalue weighted by Gasteiger charge is 2.14. The van der Waals surface area contributed by atoms with Crippen molar-refractivity contribution in [3.8, 4) is 17.3 Å². The number of fused-ring (bicyclic) bond motifs is 1. The van der Waals surface area contributed by atoms with E-state index in [1.54, 1.807) is 54.6 Å². The quantitative estimate of drug-likeness (QED) is 0.584. The second kappa shape index (κ2) is 6.09. The largest absolute Gasteiger partial charge is 0.507 e. The van der Waals surface area contributed by atoms with Crippen molar-refractivity contribution >= 4 is 17.1 Å². The smallest absolute Gasteiger partial charge is 0.282 e. The first kappa shape index (κ1) is 14.9. The third kappa shape index (κ3) is 2.70. The van der Waals surface area contributed by atoms with Gasteiger partial charge in [0.25, 0.3) is 5.56 Å². The highest BCUT2D eigenvalue weighted by atomic mass is 16.3. The Morgan fingerprint density at radius 2 is 1.84 bits per heavy atom. The van der Waals surface area contributed by atoms with Gasteiger partial charge in [0.05, 0.1) is 23.4 Å². The molecule has 2 aromatic carbocycles. The molecular formula is C19H13N3O3. The number of hydrogen-bond donors (Lipinski definition) is 1. The number of aromatic hydroxyl groups is 1. The third-order valence-corrected chi connectivity index (χ3v) is 3.74. The molecule has 0 saturated heterocycles. The summed E-state index contributed by atoms with van der Waals surface area (Å²) in [5.74, 6) is 0.797. The maximum Gasteiger partial charge on any atom is 0.282 e. The highest BCUT2D eigenvalue weighted by Crippen LogP contribution is 2.19. The summed E-state index contributed by atoms with van der Waals surface area (Å²) in [6, 6.07) is 17.2. The monoisotopic (exact) mass is 331 g/mol. The first-order valence-electron chi connectivity index (χ1n) is 7.62. The molecule has 2 heterocycles. The first-order valence-corrected chi connectivity index (χ1v) is 7.62. The van der Waals surface area contributed by atoms with Crippen LogP contribution < -0.4 is 5.56 Å². The second-order valence-electron chi connectivity index (χ2n) is 5.35. The number of phenolic OH excluding ortho intramolecular Hbond substituents is 1. The van der Waals surface area contributed by atoms with Crippen LogP contribution >= 0.6 is 0 Å². The Morgan fingerprint density at radius 3 is 2.64 bits per heavy atom. The van der Waals surface area contributed by atoms with Gasteiger partial charge in [-0.25, -0.2) is 4.98 Å². The number of furan rings is 1. The fourth-order valence-electron chi connectivity index (χ4n) is 2.51. The van der Waals surface area contributed by atoms with Gasteiger partial charge in [-0.05, 0) is 36.4 Å². The molecule has 4 aromatic rings. The second-order valence-corrected chi connectivity index (χ2v) is 5.35. The van der Waals surface area contributed by atoms with Crippen molar-refractivity contribution in [3.63, 3.8) is 0 Å². The van der Waals surface area contributed by atoms with Crippen LogP contribution in [0.4, 0.5) is 0 Å². The van der Waals surface area contributed by atoms with Crippen LogP contribution in [0, 0.1) is 0 Å². The Balaban J connectivity index is 1.95. The zero-order chi connectivity index (χ0) is 17.2. The van der Waals surface area contributed by atoms with Crippen LogP contribution in [-0.2, 0) is 0 Å². The Hall–Kier alpha value is -3.67. The van der Waals surface area contributed by atoms with E-state index in [-0.39, 0.29) is 11.3 Å². The molecule has 0 aliphatic heterocycles. The van der Waals surface area contributed by atoms with Gasteiger partial charge < -0.3 is 9.52 Å². The van der Waals surface area contributed by atoms with Crippen LogP contribution in [-0.4, -0.2) is 21.0 Å². The van der Waals surface area contributed by atoms with Crippen molar-refractivity contribution in [2.75, 3.05) is 0 Å². The lowest BCUT2D eigenvalue weighted by atomic mass is 10.2. The van der Waals surface area contributed by atoms with E-state index in [9.17, 15) is 9.90 Å². The van der Waals surface area contributed by atoms with Gasteiger partial charge in [-0.1, -0.05) is 24.3 Å². The molecule has 0 spiro atoms. The Morgan fingerprint density at radius 1 is 1.04 bits per heavy atom. The lowest BCUT2D eigenvalue weighted by Crippen LogP contribution is -2.20.